The zero-order valence-electron chi connectivity index (χ0n) is 19.6. The predicted molar refractivity (Wildman–Crippen MR) is 141 cm³/mol. The quantitative estimate of drug-likeness (QED) is 0.292. The predicted octanol–water partition coefficient (Wildman–Crippen LogP) is 6.37. The molecule has 176 valence electrons. The molecule has 5 rings (SSSR count). The van der Waals surface area contributed by atoms with Crippen LogP contribution in [0, 0.1) is 0 Å². The lowest BCUT2D eigenvalue weighted by molar-refractivity contribution is 0.0547. The average molecular weight is 530 g/mol. The van der Waals surface area contributed by atoms with Gasteiger partial charge in [0.2, 0.25) is 5.95 Å². The summed E-state index contributed by atoms with van der Waals surface area (Å²) in [7, 11) is 0. The van der Waals surface area contributed by atoms with Crippen LogP contribution in [-0.2, 0) is 11.2 Å². The van der Waals surface area contributed by atoms with Crippen LogP contribution >= 0.6 is 15.9 Å². The van der Waals surface area contributed by atoms with E-state index in [-0.39, 0.29) is 5.95 Å². The summed E-state index contributed by atoms with van der Waals surface area (Å²) in [5.41, 5.74) is 10.4. The number of rotatable bonds is 3. The number of carbonyl (C=O) groups excluding carboxylic acids is 1. The Balaban J connectivity index is 1.70. The number of anilines is 1. The van der Waals surface area contributed by atoms with Gasteiger partial charge < -0.3 is 10.5 Å². The van der Waals surface area contributed by atoms with Crippen LogP contribution in [0.25, 0.3) is 33.3 Å². The van der Waals surface area contributed by atoms with Crippen molar-refractivity contribution < 1.29 is 9.53 Å². The standard InChI is InChI=1S/C27H24BrN5O2/c1-27(2,3)35-26(34)33-22-12-9-18(28)14-17(22)15-23(33)19-10-11-20-24(30-19)21(32-25(29)31-20)13-16-7-5-4-6-8-16/h4-12,14-15H,13H2,1-3H3,(H2,29,31,32). The van der Waals surface area contributed by atoms with Crippen molar-refractivity contribution in [3.05, 3.63) is 82.5 Å². The molecule has 0 atom stereocenters. The fraction of sp³-hybridized carbons (Fsp3) is 0.185. The van der Waals surface area contributed by atoms with E-state index < -0.39 is 11.7 Å². The van der Waals surface area contributed by atoms with E-state index in [1.54, 1.807) is 4.57 Å². The summed E-state index contributed by atoms with van der Waals surface area (Å²) in [5, 5.41) is 0.889. The summed E-state index contributed by atoms with van der Waals surface area (Å²) in [5.74, 6) is 0.200. The number of ether oxygens (including phenoxy) is 1. The number of fused-ring (bicyclic) bond motifs is 2. The lowest BCUT2D eigenvalue weighted by Gasteiger charge is -2.21. The van der Waals surface area contributed by atoms with Crippen LogP contribution < -0.4 is 5.73 Å². The fourth-order valence-corrected chi connectivity index (χ4v) is 4.41. The molecule has 35 heavy (non-hydrogen) atoms. The third-order valence-electron chi connectivity index (χ3n) is 5.45. The summed E-state index contributed by atoms with van der Waals surface area (Å²) in [6, 6.07) is 21.4. The Hall–Kier alpha value is -3.78. The molecule has 0 fully saturated rings. The van der Waals surface area contributed by atoms with E-state index in [2.05, 4.69) is 25.9 Å². The van der Waals surface area contributed by atoms with Crippen LogP contribution in [0.3, 0.4) is 0 Å². The molecule has 0 aliphatic heterocycles. The summed E-state index contributed by atoms with van der Waals surface area (Å²) in [6.07, 6.45) is 0.0903. The molecule has 0 aliphatic carbocycles. The number of carbonyl (C=O) groups is 1. The molecule has 0 amide bonds. The van der Waals surface area contributed by atoms with E-state index in [0.717, 1.165) is 26.6 Å². The Kier molecular flexibility index (Phi) is 5.76. The van der Waals surface area contributed by atoms with Crippen molar-refractivity contribution >= 4 is 49.9 Å². The number of nitrogen functional groups attached to an aromatic ring is 1. The van der Waals surface area contributed by atoms with E-state index in [0.29, 0.717) is 28.8 Å². The highest BCUT2D eigenvalue weighted by atomic mass is 79.9. The molecule has 0 aliphatic rings. The first-order valence-electron chi connectivity index (χ1n) is 11.2. The number of hydrogen-bond donors (Lipinski definition) is 1. The lowest BCUT2D eigenvalue weighted by atomic mass is 10.1. The monoisotopic (exact) mass is 529 g/mol. The molecule has 8 heteroatoms. The lowest BCUT2D eigenvalue weighted by Crippen LogP contribution is -2.27. The van der Waals surface area contributed by atoms with Crippen molar-refractivity contribution in [1.82, 2.24) is 19.5 Å². The van der Waals surface area contributed by atoms with E-state index in [4.69, 9.17) is 15.5 Å². The van der Waals surface area contributed by atoms with Gasteiger partial charge >= 0.3 is 6.09 Å². The molecule has 5 aromatic rings. The Morgan fingerprint density at radius 3 is 2.51 bits per heavy atom. The second-order valence-corrected chi connectivity index (χ2v) is 10.2. The Bertz CT molecular complexity index is 1570. The van der Waals surface area contributed by atoms with E-state index in [1.807, 2.05) is 87.5 Å². The van der Waals surface area contributed by atoms with Gasteiger partial charge in [-0.05, 0) is 62.7 Å². The first-order valence-corrected chi connectivity index (χ1v) is 12.0. The van der Waals surface area contributed by atoms with Gasteiger partial charge in [0.15, 0.2) is 0 Å². The molecule has 2 N–H and O–H groups in total. The van der Waals surface area contributed by atoms with E-state index in [9.17, 15) is 4.79 Å². The minimum absolute atomic E-state index is 0.200. The molecule has 3 heterocycles. The number of benzene rings is 2. The second-order valence-electron chi connectivity index (χ2n) is 9.30. The van der Waals surface area contributed by atoms with Gasteiger partial charge in [0, 0.05) is 16.3 Å². The molecule has 0 spiro atoms. The molecule has 0 radical (unpaired) electrons. The van der Waals surface area contributed by atoms with Crippen LogP contribution in [0.2, 0.25) is 0 Å². The largest absolute Gasteiger partial charge is 0.443 e. The summed E-state index contributed by atoms with van der Waals surface area (Å²) >= 11 is 3.52. The zero-order chi connectivity index (χ0) is 24.7. The van der Waals surface area contributed by atoms with Crippen LogP contribution in [0.4, 0.5) is 10.7 Å². The van der Waals surface area contributed by atoms with Crippen molar-refractivity contribution in [3.8, 4) is 11.4 Å². The maximum Gasteiger partial charge on any atom is 0.419 e. The zero-order valence-corrected chi connectivity index (χ0v) is 21.2. The molecule has 0 saturated carbocycles. The van der Waals surface area contributed by atoms with Gasteiger partial charge in [-0.3, -0.25) is 0 Å². The normalized spacial score (nSPS) is 11.8. The number of hydrogen-bond acceptors (Lipinski definition) is 6. The van der Waals surface area contributed by atoms with Gasteiger partial charge in [0.05, 0.1) is 28.1 Å². The number of halogens is 1. The molecule has 0 unspecified atom stereocenters. The molecular weight excluding hydrogens is 506 g/mol. The van der Waals surface area contributed by atoms with Crippen LogP contribution in [0.15, 0.2) is 71.2 Å². The Morgan fingerprint density at radius 2 is 1.77 bits per heavy atom. The van der Waals surface area contributed by atoms with Crippen molar-refractivity contribution in [2.45, 2.75) is 32.8 Å². The van der Waals surface area contributed by atoms with Crippen LogP contribution in [-0.4, -0.2) is 31.2 Å². The number of nitrogens with zero attached hydrogens (tertiary/aromatic N) is 4. The summed E-state index contributed by atoms with van der Waals surface area (Å²) in [6.45, 7) is 5.54. The van der Waals surface area contributed by atoms with Crippen LogP contribution in [0.5, 0.6) is 0 Å². The van der Waals surface area contributed by atoms with E-state index in [1.165, 1.54) is 0 Å². The molecule has 2 aromatic carbocycles. The molecule has 0 bridgehead atoms. The van der Waals surface area contributed by atoms with Gasteiger partial charge in [0.25, 0.3) is 0 Å². The Labute approximate surface area is 211 Å². The number of nitrogens with two attached hydrogens (primary N) is 1. The third kappa shape index (κ3) is 4.74. The SMILES string of the molecule is CC(C)(C)OC(=O)n1c(-c2ccc3nc(N)nc(Cc4ccccc4)c3n2)cc2cc(Br)ccc21. The Morgan fingerprint density at radius 1 is 1.00 bits per heavy atom. The number of aromatic nitrogens is 4. The molecular formula is C27H24BrN5O2. The maximum atomic E-state index is 13.3. The summed E-state index contributed by atoms with van der Waals surface area (Å²) in [4.78, 5) is 27.1. The average Bonchev–Trinajstić information content (AvgIpc) is 3.17. The minimum atomic E-state index is -0.647. The minimum Gasteiger partial charge on any atom is -0.443 e. The first-order chi connectivity index (χ1) is 16.7. The molecule has 0 saturated heterocycles. The topological polar surface area (TPSA) is 95.9 Å². The van der Waals surface area contributed by atoms with Gasteiger partial charge in [-0.2, -0.15) is 0 Å². The van der Waals surface area contributed by atoms with Crippen molar-refractivity contribution in [2.24, 2.45) is 0 Å². The first kappa shape index (κ1) is 23.0. The van der Waals surface area contributed by atoms with Crippen molar-refractivity contribution in [1.29, 1.82) is 0 Å². The second kappa shape index (κ2) is 8.78. The highest BCUT2D eigenvalue weighted by Crippen LogP contribution is 2.31. The summed E-state index contributed by atoms with van der Waals surface area (Å²) < 4.78 is 8.21. The van der Waals surface area contributed by atoms with Gasteiger partial charge in [-0.1, -0.05) is 46.3 Å². The third-order valence-corrected chi connectivity index (χ3v) is 5.94. The molecule has 7 nitrogen and oxygen atoms in total. The highest BCUT2D eigenvalue weighted by molar-refractivity contribution is 9.10. The maximum absolute atomic E-state index is 13.3. The van der Waals surface area contributed by atoms with Crippen molar-refractivity contribution in [3.63, 3.8) is 0 Å². The van der Waals surface area contributed by atoms with Gasteiger partial charge in [-0.25, -0.2) is 24.3 Å². The van der Waals surface area contributed by atoms with Gasteiger partial charge in [0.1, 0.15) is 11.1 Å². The van der Waals surface area contributed by atoms with Crippen LogP contribution in [0.1, 0.15) is 32.0 Å². The van der Waals surface area contributed by atoms with Gasteiger partial charge in [-0.15, -0.1) is 0 Å². The highest BCUT2D eigenvalue weighted by Gasteiger charge is 2.24. The molecule has 3 aromatic heterocycles. The fourth-order valence-electron chi connectivity index (χ4n) is 4.03. The van der Waals surface area contributed by atoms with Crippen molar-refractivity contribution in [2.75, 3.05) is 5.73 Å². The number of pyridine rings is 1. The smallest absolute Gasteiger partial charge is 0.419 e. The van der Waals surface area contributed by atoms with E-state index >= 15 is 0 Å².